The molecule has 30 heavy (non-hydrogen) atoms. The van der Waals surface area contributed by atoms with Gasteiger partial charge >= 0.3 is 11.9 Å². The summed E-state index contributed by atoms with van der Waals surface area (Å²) < 4.78 is 4.93. The van der Waals surface area contributed by atoms with Crippen LogP contribution in [0.15, 0.2) is 24.3 Å². The van der Waals surface area contributed by atoms with Crippen LogP contribution in [0.2, 0.25) is 0 Å². The van der Waals surface area contributed by atoms with Crippen molar-refractivity contribution in [2.45, 2.75) is 43.9 Å². The van der Waals surface area contributed by atoms with Gasteiger partial charge in [-0.25, -0.2) is 0 Å². The number of esters is 2. The molecule has 0 aromatic heterocycles. The lowest BCUT2D eigenvalue weighted by Crippen LogP contribution is -2.29. The lowest BCUT2D eigenvalue weighted by atomic mass is 9.71. The lowest BCUT2D eigenvalue weighted by Gasteiger charge is -2.31. The fourth-order valence-corrected chi connectivity index (χ4v) is 8.68. The molecule has 0 radical (unpaired) electrons. The Labute approximate surface area is 174 Å². The van der Waals surface area contributed by atoms with Crippen molar-refractivity contribution in [1.29, 1.82) is 0 Å². The third-order valence-electron chi connectivity index (χ3n) is 9.64. The Bertz CT molecular complexity index is 928. The predicted octanol–water partition coefficient (Wildman–Crippen LogP) is 3.02. The summed E-state index contributed by atoms with van der Waals surface area (Å²) in [6.45, 7) is 0. The second-order valence-corrected chi connectivity index (χ2v) is 10.6. The molecule has 1 aromatic rings. The lowest BCUT2D eigenvalue weighted by molar-refractivity contribution is -0.154. The summed E-state index contributed by atoms with van der Waals surface area (Å²) in [5, 5.41) is 0. The first-order valence-electron chi connectivity index (χ1n) is 11.4. The van der Waals surface area contributed by atoms with E-state index >= 15 is 0 Å². The van der Waals surface area contributed by atoms with E-state index in [0.717, 1.165) is 25.7 Å². The average molecular weight is 404 g/mol. The molecule has 4 bridgehead atoms. The molecule has 10 atom stereocenters. The summed E-state index contributed by atoms with van der Waals surface area (Å²) in [6.07, 6.45) is 4.11. The maximum absolute atomic E-state index is 12.4. The van der Waals surface area contributed by atoms with Crippen molar-refractivity contribution in [3.8, 4) is 0 Å². The van der Waals surface area contributed by atoms with Gasteiger partial charge in [0.15, 0.2) is 0 Å². The number of fused-ring (bicyclic) bond motifs is 10. The largest absolute Gasteiger partial charge is 0.393 e. The number of Topliss-reactive ketones (excluding diaryl/α,β-unsaturated/α-hetero) is 2. The van der Waals surface area contributed by atoms with E-state index in [0.29, 0.717) is 23.7 Å². The zero-order chi connectivity index (χ0) is 20.3. The third-order valence-corrected chi connectivity index (χ3v) is 9.64. The van der Waals surface area contributed by atoms with Crippen LogP contribution in [-0.2, 0) is 23.9 Å². The van der Waals surface area contributed by atoms with Crippen molar-refractivity contribution in [3.63, 3.8) is 0 Å². The second-order valence-electron chi connectivity index (χ2n) is 10.6. The molecule has 0 spiro atoms. The molecule has 5 saturated carbocycles. The van der Waals surface area contributed by atoms with E-state index in [9.17, 15) is 19.2 Å². The summed E-state index contributed by atoms with van der Waals surface area (Å²) in [4.78, 5) is 48.8. The quantitative estimate of drug-likeness (QED) is 0.559. The zero-order valence-electron chi connectivity index (χ0n) is 16.7. The van der Waals surface area contributed by atoms with Gasteiger partial charge in [-0.05, 0) is 72.3 Å². The second kappa shape index (κ2) is 5.68. The molecule has 154 valence electrons. The van der Waals surface area contributed by atoms with Crippen molar-refractivity contribution < 1.29 is 23.9 Å². The zero-order valence-corrected chi connectivity index (χ0v) is 16.7. The first kappa shape index (κ1) is 17.4. The van der Waals surface area contributed by atoms with E-state index in [1.54, 1.807) is 0 Å². The molecule has 6 fully saturated rings. The van der Waals surface area contributed by atoms with Gasteiger partial charge in [-0.1, -0.05) is 24.3 Å². The van der Waals surface area contributed by atoms with Gasteiger partial charge in [0.25, 0.3) is 0 Å². The Balaban J connectivity index is 1.13. The normalized spacial score (nSPS) is 47.9. The van der Waals surface area contributed by atoms with E-state index in [1.807, 2.05) is 0 Å². The molecular weight excluding hydrogens is 380 g/mol. The van der Waals surface area contributed by atoms with Crippen LogP contribution in [0.5, 0.6) is 0 Å². The number of rotatable bonds is 2. The Kier molecular flexibility index (Phi) is 3.29. The number of hydrogen-bond donors (Lipinski definition) is 0. The van der Waals surface area contributed by atoms with E-state index in [1.165, 1.54) is 11.1 Å². The Morgan fingerprint density at radius 2 is 1.10 bits per heavy atom. The number of cyclic esters (lactones) is 2. The minimum atomic E-state index is -0.314. The van der Waals surface area contributed by atoms with Crippen molar-refractivity contribution in [1.82, 2.24) is 0 Å². The first-order valence-corrected chi connectivity index (χ1v) is 11.4. The van der Waals surface area contributed by atoms with E-state index in [2.05, 4.69) is 24.3 Å². The Morgan fingerprint density at radius 3 is 1.73 bits per heavy atom. The molecule has 0 amide bonds. The molecule has 5 nitrogen and oxygen atoms in total. The van der Waals surface area contributed by atoms with Crippen LogP contribution in [0.3, 0.4) is 0 Å². The molecule has 10 unspecified atom stereocenters. The van der Waals surface area contributed by atoms with E-state index < -0.39 is 0 Å². The third kappa shape index (κ3) is 2.04. The molecule has 0 N–H and O–H groups in total. The fraction of sp³-hybridized carbons (Fsp3) is 0.600. The highest BCUT2D eigenvalue weighted by Crippen LogP contribution is 2.63. The maximum atomic E-state index is 12.4. The Hall–Kier alpha value is -2.30. The van der Waals surface area contributed by atoms with E-state index in [-0.39, 0.29) is 65.4 Å². The molecule has 1 saturated heterocycles. The SMILES string of the molecule is O=C1CC(=O)C2C3CC(CC3c3ccc(C4CC5CC4C4C(=O)OC(=O)C54)cc3)C12. The topological polar surface area (TPSA) is 77.5 Å². The van der Waals surface area contributed by atoms with Crippen molar-refractivity contribution in [2.75, 3.05) is 0 Å². The smallest absolute Gasteiger partial charge is 0.317 e. The van der Waals surface area contributed by atoms with Gasteiger partial charge in [-0.3, -0.25) is 19.2 Å². The van der Waals surface area contributed by atoms with Gasteiger partial charge in [-0.2, -0.15) is 0 Å². The molecule has 5 aliphatic carbocycles. The number of ether oxygens (including phenoxy) is 1. The fourth-order valence-electron chi connectivity index (χ4n) is 8.68. The number of ketones is 2. The van der Waals surface area contributed by atoms with Crippen LogP contribution in [0.1, 0.15) is 55.1 Å². The standard InChI is InChI=1S/C25H24O5/c26-18-9-19(27)22-16-7-12(20(18)22)5-14(16)10-1-3-11(4-2-10)15-6-13-8-17(15)23-21(13)24(28)30-25(23)29/h1-4,12-17,20-23H,5-9H2. The average Bonchev–Trinajstić information content (AvgIpc) is 3.54. The number of benzene rings is 1. The van der Waals surface area contributed by atoms with Gasteiger partial charge < -0.3 is 4.74 Å². The molecule has 7 rings (SSSR count). The van der Waals surface area contributed by atoms with Gasteiger partial charge in [-0.15, -0.1) is 0 Å². The van der Waals surface area contributed by atoms with Crippen LogP contribution in [0.25, 0.3) is 0 Å². The molecule has 6 aliphatic rings. The molecule has 5 heteroatoms. The maximum Gasteiger partial charge on any atom is 0.317 e. The highest BCUT2D eigenvalue weighted by molar-refractivity contribution is 6.09. The van der Waals surface area contributed by atoms with Gasteiger partial charge in [0.05, 0.1) is 18.3 Å². The Morgan fingerprint density at radius 1 is 0.600 bits per heavy atom. The molecule has 1 aromatic carbocycles. The minimum absolute atomic E-state index is 0.00823. The molecular formula is C25H24O5. The van der Waals surface area contributed by atoms with Gasteiger partial charge in [0.1, 0.15) is 11.6 Å². The monoisotopic (exact) mass is 404 g/mol. The first-order chi connectivity index (χ1) is 14.5. The van der Waals surface area contributed by atoms with Gasteiger partial charge in [0, 0.05) is 11.8 Å². The molecule has 1 heterocycles. The van der Waals surface area contributed by atoms with Crippen LogP contribution >= 0.6 is 0 Å². The highest BCUT2D eigenvalue weighted by Gasteiger charge is 2.63. The van der Waals surface area contributed by atoms with Gasteiger partial charge in [0.2, 0.25) is 0 Å². The van der Waals surface area contributed by atoms with Crippen molar-refractivity contribution in [2.24, 2.45) is 47.3 Å². The van der Waals surface area contributed by atoms with Crippen LogP contribution in [-0.4, -0.2) is 23.5 Å². The highest BCUT2D eigenvalue weighted by atomic mass is 16.6. The van der Waals surface area contributed by atoms with Crippen molar-refractivity contribution in [3.05, 3.63) is 35.4 Å². The van der Waals surface area contributed by atoms with Crippen LogP contribution in [0, 0.1) is 47.3 Å². The summed E-state index contributed by atoms with van der Waals surface area (Å²) in [5.41, 5.74) is 2.54. The van der Waals surface area contributed by atoms with Crippen LogP contribution < -0.4 is 0 Å². The number of carbonyl (C=O) groups is 4. The number of hydrogen-bond acceptors (Lipinski definition) is 5. The molecule has 1 aliphatic heterocycles. The summed E-state index contributed by atoms with van der Waals surface area (Å²) in [5.74, 6) is 1.18. The minimum Gasteiger partial charge on any atom is -0.393 e. The van der Waals surface area contributed by atoms with E-state index in [4.69, 9.17) is 4.74 Å². The number of carbonyl (C=O) groups excluding carboxylic acids is 4. The summed E-state index contributed by atoms with van der Waals surface area (Å²) >= 11 is 0. The van der Waals surface area contributed by atoms with Crippen molar-refractivity contribution >= 4 is 23.5 Å². The summed E-state index contributed by atoms with van der Waals surface area (Å²) in [6, 6.07) is 8.81. The predicted molar refractivity (Wildman–Crippen MR) is 104 cm³/mol. The summed E-state index contributed by atoms with van der Waals surface area (Å²) in [7, 11) is 0. The van der Waals surface area contributed by atoms with Crippen LogP contribution in [0.4, 0.5) is 0 Å².